The second-order valence-corrected chi connectivity index (χ2v) is 6.81. The summed E-state index contributed by atoms with van der Waals surface area (Å²) in [5.74, 6) is 1.84. The molecule has 1 fully saturated rings. The van der Waals surface area contributed by atoms with Crippen LogP contribution in [0.4, 0.5) is 0 Å². The molecule has 1 saturated carbocycles. The highest BCUT2D eigenvalue weighted by Gasteiger charge is 2.35. The van der Waals surface area contributed by atoms with Crippen LogP contribution in [0.15, 0.2) is 18.2 Å². The lowest BCUT2D eigenvalue weighted by Crippen LogP contribution is -2.32. The van der Waals surface area contributed by atoms with Crippen molar-refractivity contribution in [2.45, 2.75) is 39.0 Å². The van der Waals surface area contributed by atoms with Gasteiger partial charge in [0.15, 0.2) is 0 Å². The van der Waals surface area contributed by atoms with Gasteiger partial charge in [-0.25, -0.2) is 0 Å². The first-order chi connectivity index (χ1) is 8.96. The number of hydrogen-bond acceptors (Lipinski definition) is 2. The lowest BCUT2D eigenvalue weighted by atomic mass is 9.65. The average molecular weight is 282 g/mol. The summed E-state index contributed by atoms with van der Waals surface area (Å²) in [6.07, 6.45) is 3.65. The quantitative estimate of drug-likeness (QED) is 0.900. The Labute approximate surface area is 121 Å². The van der Waals surface area contributed by atoms with Crippen molar-refractivity contribution in [2.24, 2.45) is 17.1 Å². The molecule has 0 aromatic heterocycles. The van der Waals surface area contributed by atoms with Crippen molar-refractivity contribution in [2.75, 3.05) is 13.7 Å². The molecule has 2 N–H and O–H groups in total. The molecule has 2 atom stereocenters. The van der Waals surface area contributed by atoms with Gasteiger partial charge in [-0.05, 0) is 60.8 Å². The van der Waals surface area contributed by atoms with Gasteiger partial charge in [-0.1, -0.05) is 31.5 Å². The molecule has 1 aromatic carbocycles. The van der Waals surface area contributed by atoms with E-state index in [1.807, 2.05) is 6.07 Å². The topological polar surface area (TPSA) is 35.2 Å². The Morgan fingerprint density at radius 3 is 2.79 bits per heavy atom. The molecule has 1 aromatic rings. The van der Waals surface area contributed by atoms with Crippen LogP contribution in [0.1, 0.15) is 44.6 Å². The zero-order chi connectivity index (χ0) is 14.0. The predicted octanol–water partition coefficient (Wildman–Crippen LogP) is 4.22. The first-order valence-corrected chi connectivity index (χ1v) is 7.38. The molecule has 1 aliphatic rings. The molecule has 1 aliphatic carbocycles. The van der Waals surface area contributed by atoms with Gasteiger partial charge in [0, 0.05) is 0 Å². The van der Waals surface area contributed by atoms with Crippen LogP contribution in [0, 0.1) is 11.3 Å². The maximum absolute atomic E-state index is 6.11. The van der Waals surface area contributed by atoms with Crippen molar-refractivity contribution in [3.8, 4) is 5.75 Å². The Kier molecular flexibility index (Phi) is 4.42. The fourth-order valence-corrected chi connectivity index (χ4v) is 3.42. The molecule has 0 saturated heterocycles. The highest BCUT2D eigenvalue weighted by molar-refractivity contribution is 6.32. The zero-order valence-electron chi connectivity index (χ0n) is 12.1. The Bertz CT molecular complexity index is 444. The normalized spacial score (nSPS) is 26.2. The van der Waals surface area contributed by atoms with Crippen molar-refractivity contribution in [3.63, 3.8) is 0 Å². The van der Waals surface area contributed by atoms with E-state index >= 15 is 0 Å². The van der Waals surface area contributed by atoms with Gasteiger partial charge in [0.1, 0.15) is 5.75 Å². The Balaban J connectivity index is 2.31. The van der Waals surface area contributed by atoms with Gasteiger partial charge >= 0.3 is 0 Å². The summed E-state index contributed by atoms with van der Waals surface area (Å²) < 4.78 is 5.33. The van der Waals surface area contributed by atoms with Gasteiger partial charge < -0.3 is 10.5 Å². The van der Waals surface area contributed by atoms with Gasteiger partial charge in [0.25, 0.3) is 0 Å². The van der Waals surface area contributed by atoms with Gasteiger partial charge in [-0.15, -0.1) is 0 Å². The number of halogens is 1. The van der Waals surface area contributed by atoms with Crippen LogP contribution < -0.4 is 10.5 Å². The summed E-state index contributed by atoms with van der Waals surface area (Å²) >= 11 is 6.11. The second-order valence-electron chi connectivity index (χ2n) is 6.40. The predicted molar refractivity (Wildman–Crippen MR) is 80.9 cm³/mol. The highest BCUT2D eigenvalue weighted by Crippen LogP contribution is 2.47. The molecular formula is C16H24ClNO. The second kappa shape index (κ2) is 5.72. The molecule has 3 heteroatoms. The number of hydrogen-bond donors (Lipinski definition) is 1. The number of rotatable bonds is 3. The largest absolute Gasteiger partial charge is 0.495 e. The summed E-state index contributed by atoms with van der Waals surface area (Å²) in [5, 5.41) is 0.672. The van der Waals surface area contributed by atoms with Gasteiger partial charge in [-0.3, -0.25) is 0 Å². The monoisotopic (exact) mass is 281 g/mol. The van der Waals surface area contributed by atoms with E-state index in [2.05, 4.69) is 26.0 Å². The van der Waals surface area contributed by atoms with E-state index in [0.717, 1.165) is 12.3 Å². The summed E-state index contributed by atoms with van der Waals surface area (Å²) in [4.78, 5) is 0. The summed E-state index contributed by atoms with van der Waals surface area (Å²) in [6.45, 7) is 5.45. The van der Waals surface area contributed by atoms with E-state index in [9.17, 15) is 0 Å². The SMILES string of the molecule is COc1cc(C2CC(C)(C)CCC2CN)ccc1Cl. The minimum Gasteiger partial charge on any atom is -0.495 e. The summed E-state index contributed by atoms with van der Waals surface area (Å²) in [5.41, 5.74) is 7.66. The van der Waals surface area contributed by atoms with Crippen LogP contribution in [-0.2, 0) is 0 Å². The van der Waals surface area contributed by atoms with Crippen molar-refractivity contribution in [3.05, 3.63) is 28.8 Å². The van der Waals surface area contributed by atoms with Crippen LogP contribution in [-0.4, -0.2) is 13.7 Å². The molecule has 0 amide bonds. The van der Waals surface area contributed by atoms with Crippen molar-refractivity contribution in [1.29, 1.82) is 0 Å². The molecule has 19 heavy (non-hydrogen) atoms. The fourth-order valence-electron chi connectivity index (χ4n) is 3.22. The molecule has 0 aliphatic heterocycles. The van der Waals surface area contributed by atoms with Crippen LogP contribution in [0.2, 0.25) is 5.02 Å². The molecule has 0 spiro atoms. The first kappa shape index (κ1) is 14.7. The molecule has 2 unspecified atom stereocenters. The summed E-state index contributed by atoms with van der Waals surface area (Å²) in [6, 6.07) is 6.14. The van der Waals surface area contributed by atoms with Gasteiger partial charge in [0.05, 0.1) is 12.1 Å². The minimum atomic E-state index is 0.392. The molecule has 2 rings (SSSR count). The maximum atomic E-state index is 6.11. The Morgan fingerprint density at radius 1 is 1.42 bits per heavy atom. The third-order valence-corrected chi connectivity index (χ3v) is 4.75. The van der Waals surface area contributed by atoms with Crippen LogP contribution >= 0.6 is 11.6 Å². The summed E-state index contributed by atoms with van der Waals surface area (Å²) in [7, 11) is 1.66. The minimum absolute atomic E-state index is 0.392. The molecule has 0 radical (unpaired) electrons. The third kappa shape index (κ3) is 3.24. The fraction of sp³-hybridized carbons (Fsp3) is 0.625. The number of benzene rings is 1. The van der Waals surface area contributed by atoms with E-state index in [-0.39, 0.29) is 0 Å². The van der Waals surface area contributed by atoms with Gasteiger partial charge in [0.2, 0.25) is 0 Å². The highest BCUT2D eigenvalue weighted by atomic mass is 35.5. The van der Waals surface area contributed by atoms with Crippen LogP contribution in [0.5, 0.6) is 5.75 Å². The van der Waals surface area contributed by atoms with E-state index in [0.29, 0.717) is 22.3 Å². The Hall–Kier alpha value is -0.730. The van der Waals surface area contributed by atoms with E-state index < -0.39 is 0 Å². The van der Waals surface area contributed by atoms with Crippen LogP contribution in [0.3, 0.4) is 0 Å². The third-order valence-electron chi connectivity index (χ3n) is 4.44. The van der Waals surface area contributed by atoms with E-state index in [4.69, 9.17) is 22.1 Å². The molecule has 0 heterocycles. The maximum Gasteiger partial charge on any atom is 0.137 e. The standard InChI is InChI=1S/C16H24ClNO/c1-16(2)7-6-12(10-18)13(9-16)11-4-5-14(17)15(8-11)19-3/h4-5,8,12-13H,6-7,9-10,18H2,1-3H3. The molecular weight excluding hydrogens is 258 g/mol. The number of nitrogens with two attached hydrogens (primary N) is 1. The lowest BCUT2D eigenvalue weighted by molar-refractivity contribution is 0.165. The van der Waals surface area contributed by atoms with Gasteiger partial charge in [-0.2, -0.15) is 0 Å². The lowest BCUT2D eigenvalue weighted by Gasteiger charge is -2.41. The van der Waals surface area contributed by atoms with Crippen molar-refractivity contribution >= 4 is 11.6 Å². The van der Waals surface area contributed by atoms with Crippen molar-refractivity contribution in [1.82, 2.24) is 0 Å². The molecule has 106 valence electrons. The molecule has 2 nitrogen and oxygen atoms in total. The van der Waals surface area contributed by atoms with Crippen LogP contribution in [0.25, 0.3) is 0 Å². The molecule has 0 bridgehead atoms. The smallest absolute Gasteiger partial charge is 0.137 e. The zero-order valence-corrected chi connectivity index (χ0v) is 12.8. The number of methoxy groups -OCH3 is 1. The Morgan fingerprint density at radius 2 is 2.16 bits per heavy atom. The first-order valence-electron chi connectivity index (χ1n) is 7.00. The average Bonchev–Trinajstić information content (AvgIpc) is 2.38. The van der Waals surface area contributed by atoms with E-state index in [1.165, 1.54) is 24.8 Å². The number of ether oxygens (including phenoxy) is 1. The van der Waals surface area contributed by atoms with E-state index in [1.54, 1.807) is 7.11 Å². The van der Waals surface area contributed by atoms with Crippen molar-refractivity contribution < 1.29 is 4.74 Å².